The monoisotopic (exact) mass is 365 g/mol. The number of allylic oxidation sites excluding steroid dienone is 1. The van der Waals surface area contributed by atoms with Gasteiger partial charge in [-0.3, -0.25) is 0 Å². The molecule has 0 bridgehead atoms. The Hall–Kier alpha value is -3.94. The van der Waals surface area contributed by atoms with Crippen LogP contribution in [0, 0.1) is 5.82 Å². The molecular formula is C19H12FN3O4. The molecule has 1 aliphatic heterocycles. The van der Waals surface area contributed by atoms with Crippen molar-refractivity contribution in [1.29, 1.82) is 0 Å². The largest absolute Gasteiger partial charge is 0.504 e. The number of carboxylic acids is 1. The number of nitrogens with zero attached hydrogens (tertiary/aromatic N) is 2. The van der Waals surface area contributed by atoms with Crippen LogP contribution >= 0.6 is 0 Å². The lowest BCUT2D eigenvalue weighted by atomic mass is 10.1. The first-order valence-corrected chi connectivity index (χ1v) is 7.85. The maximum atomic E-state index is 13.0. The van der Waals surface area contributed by atoms with E-state index in [1.54, 1.807) is 24.5 Å². The summed E-state index contributed by atoms with van der Waals surface area (Å²) in [7, 11) is 0. The number of hydrogen-bond acceptors (Lipinski definition) is 6. The molecule has 7 nitrogen and oxygen atoms in total. The van der Waals surface area contributed by atoms with Crippen molar-refractivity contribution in [2.24, 2.45) is 4.99 Å². The van der Waals surface area contributed by atoms with Gasteiger partial charge in [0.15, 0.2) is 22.9 Å². The number of rotatable bonds is 4. The smallest absolute Gasteiger partial charge is 0.345 e. The molecule has 0 saturated heterocycles. The number of aromatic hydroxyl groups is 1. The lowest BCUT2D eigenvalue weighted by Gasteiger charge is -2.03. The first kappa shape index (κ1) is 16.5. The van der Waals surface area contributed by atoms with Crippen LogP contribution in [-0.4, -0.2) is 27.4 Å². The number of furan rings is 1. The number of aliphatic imine (C=N–C) groups is 1. The summed E-state index contributed by atoms with van der Waals surface area (Å²) < 4.78 is 18.6. The molecule has 134 valence electrons. The summed E-state index contributed by atoms with van der Waals surface area (Å²) in [5, 5.41) is 22.5. The van der Waals surface area contributed by atoms with Gasteiger partial charge in [0, 0.05) is 29.2 Å². The predicted octanol–water partition coefficient (Wildman–Crippen LogP) is 4.22. The van der Waals surface area contributed by atoms with Crippen molar-refractivity contribution < 1.29 is 23.8 Å². The van der Waals surface area contributed by atoms with E-state index in [1.165, 1.54) is 30.3 Å². The zero-order valence-electron chi connectivity index (χ0n) is 13.7. The van der Waals surface area contributed by atoms with Crippen LogP contribution in [0.5, 0.6) is 5.75 Å². The number of halogens is 1. The van der Waals surface area contributed by atoms with Crippen LogP contribution in [-0.2, 0) is 0 Å². The van der Waals surface area contributed by atoms with Gasteiger partial charge in [-0.15, -0.1) is 0 Å². The Morgan fingerprint density at radius 1 is 1.22 bits per heavy atom. The van der Waals surface area contributed by atoms with Crippen LogP contribution in [0.25, 0.3) is 11.6 Å². The minimum atomic E-state index is -1.37. The third-order valence-corrected chi connectivity index (χ3v) is 3.94. The number of nitrogens with one attached hydrogen (secondary N) is 1. The highest BCUT2D eigenvalue weighted by Crippen LogP contribution is 2.38. The molecule has 0 fully saturated rings. The second kappa shape index (κ2) is 6.41. The summed E-state index contributed by atoms with van der Waals surface area (Å²) in [6.07, 6.45) is 4.64. The van der Waals surface area contributed by atoms with Gasteiger partial charge in [-0.25, -0.2) is 19.2 Å². The van der Waals surface area contributed by atoms with E-state index in [0.29, 0.717) is 17.1 Å². The van der Waals surface area contributed by atoms with Gasteiger partial charge < -0.3 is 19.9 Å². The number of anilines is 2. The van der Waals surface area contributed by atoms with Crippen molar-refractivity contribution in [1.82, 2.24) is 4.98 Å². The number of hydrogen-bond donors (Lipinski definition) is 3. The minimum Gasteiger partial charge on any atom is -0.504 e. The van der Waals surface area contributed by atoms with E-state index in [2.05, 4.69) is 15.3 Å². The fourth-order valence-electron chi connectivity index (χ4n) is 2.67. The number of carbonyl (C=O) groups is 1. The summed E-state index contributed by atoms with van der Waals surface area (Å²) in [4.78, 5) is 19.8. The molecule has 0 saturated carbocycles. The molecule has 0 spiro atoms. The van der Waals surface area contributed by atoms with E-state index < -0.39 is 23.1 Å². The number of aromatic nitrogens is 1. The van der Waals surface area contributed by atoms with Crippen molar-refractivity contribution in [2.45, 2.75) is 0 Å². The molecule has 4 rings (SSSR count). The van der Waals surface area contributed by atoms with Crippen LogP contribution in [0.2, 0.25) is 0 Å². The van der Waals surface area contributed by atoms with Gasteiger partial charge in [-0.05, 0) is 42.5 Å². The molecule has 3 aromatic rings. The lowest BCUT2D eigenvalue weighted by Crippen LogP contribution is -2.00. The molecule has 27 heavy (non-hydrogen) atoms. The molecule has 0 atom stereocenters. The summed E-state index contributed by atoms with van der Waals surface area (Å²) in [5.74, 6) is -2.01. The van der Waals surface area contributed by atoms with Gasteiger partial charge in [-0.1, -0.05) is 0 Å². The number of aromatic carboxylic acids is 1. The fourth-order valence-corrected chi connectivity index (χ4v) is 2.67. The topological polar surface area (TPSA) is 108 Å². The Balaban J connectivity index is 1.75. The number of pyridine rings is 1. The third kappa shape index (κ3) is 3.04. The van der Waals surface area contributed by atoms with Crippen LogP contribution in [0.3, 0.4) is 0 Å². The summed E-state index contributed by atoms with van der Waals surface area (Å²) in [6, 6.07) is 8.82. The van der Waals surface area contributed by atoms with Crippen LogP contribution in [0.1, 0.15) is 21.7 Å². The molecule has 8 heteroatoms. The van der Waals surface area contributed by atoms with Crippen molar-refractivity contribution in [2.75, 3.05) is 5.32 Å². The lowest BCUT2D eigenvalue weighted by molar-refractivity contribution is 0.0695. The minimum absolute atomic E-state index is 0.0461. The van der Waals surface area contributed by atoms with Crippen molar-refractivity contribution in [3.63, 3.8) is 0 Å². The van der Waals surface area contributed by atoms with E-state index in [1.807, 2.05) is 0 Å². The van der Waals surface area contributed by atoms with E-state index in [0.717, 1.165) is 5.56 Å². The second-order valence-electron chi connectivity index (χ2n) is 5.69. The van der Waals surface area contributed by atoms with Crippen molar-refractivity contribution in [3.05, 3.63) is 65.3 Å². The van der Waals surface area contributed by atoms with Gasteiger partial charge in [0.25, 0.3) is 0 Å². The molecule has 2 aromatic heterocycles. The molecular weight excluding hydrogens is 353 g/mol. The van der Waals surface area contributed by atoms with E-state index >= 15 is 0 Å². The predicted molar refractivity (Wildman–Crippen MR) is 97.3 cm³/mol. The average molecular weight is 365 g/mol. The number of fused-ring (bicyclic) bond motifs is 1. The van der Waals surface area contributed by atoms with Gasteiger partial charge in [0.2, 0.25) is 5.88 Å². The molecule has 0 radical (unpaired) electrons. The zero-order valence-corrected chi connectivity index (χ0v) is 13.7. The van der Waals surface area contributed by atoms with Crippen molar-refractivity contribution >= 4 is 41.2 Å². The molecule has 0 amide bonds. The Morgan fingerprint density at radius 2 is 2.00 bits per heavy atom. The molecule has 0 aliphatic carbocycles. The quantitative estimate of drug-likeness (QED) is 0.639. The maximum absolute atomic E-state index is 13.0. The Morgan fingerprint density at radius 3 is 2.74 bits per heavy atom. The van der Waals surface area contributed by atoms with Crippen molar-refractivity contribution in [3.8, 4) is 5.75 Å². The molecule has 1 aliphatic rings. The summed E-state index contributed by atoms with van der Waals surface area (Å²) in [5.41, 5.74) is 1.34. The van der Waals surface area contributed by atoms with E-state index in [9.17, 15) is 19.4 Å². The average Bonchev–Trinajstić information content (AvgIpc) is 3.19. The van der Waals surface area contributed by atoms with Gasteiger partial charge in [0.1, 0.15) is 5.82 Å². The summed E-state index contributed by atoms with van der Waals surface area (Å²) >= 11 is 0. The highest BCUT2D eigenvalue weighted by molar-refractivity contribution is 6.21. The van der Waals surface area contributed by atoms with Gasteiger partial charge in [-0.2, -0.15) is 0 Å². The second-order valence-corrected chi connectivity index (χ2v) is 5.69. The standard InChI is InChI=1S/C19H12FN3O4/c20-11-3-5-12(6-4-11)23-18-15(19(25)26)16(24)14(27-18)8-10-9-22-17-13(10)2-1-7-21-17/h1-9,23-24H,(H,25,26). The van der Waals surface area contributed by atoms with E-state index in [-0.39, 0.29) is 11.6 Å². The molecule has 3 heterocycles. The van der Waals surface area contributed by atoms with Crippen LogP contribution in [0.15, 0.2) is 52.0 Å². The summed E-state index contributed by atoms with van der Waals surface area (Å²) in [6.45, 7) is 0. The first-order valence-electron chi connectivity index (χ1n) is 7.85. The van der Waals surface area contributed by atoms with Crippen LogP contribution in [0.4, 0.5) is 21.8 Å². The fraction of sp³-hybridized carbons (Fsp3) is 0. The highest BCUT2D eigenvalue weighted by Gasteiger charge is 2.26. The normalized spacial score (nSPS) is 13.7. The van der Waals surface area contributed by atoms with Gasteiger partial charge >= 0.3 is 5.97 Å². The van der Waals surface area contributed by atoms with E-state index in [4.69, 9.17) is 4.42 Å². The SMILES string of the molecule is O=C(O)c1c(Nc2ccc(F)cc2)oc(C=C2C=Nc3ncccc32)c1O. The molecule has 3 N–H and O–H groups in total. The molecule has 1 aromatic carbocycles. The highest BCUT2D eigenvalue weighted by atomic mass is 19.1. The Labute approximate surface area is 152 Å². The number of carboxylic acid groups (broad SMARTS) is 1. The Kier molecular flexibility index (Phi) is 3.92. The van der Waals surface area contributed by atoms with Crippen LogP contribution < -0.4 is 5.32 Å². The zero-order chi connectivity index (χ0) is 19.0. The van der Waals surface area contributed by atoms with Gasteiger partial charge in [0.05, 0.1) is 0 Å². The molecule has 0 unspecified atom stereocenters. The third-order valence-electron chi connectivity index (χ3n) is 3.94. The Bertz CT molecular complexity index is 1100. The first-order chi connectivity index (χ1) is 13.0. The maximum Gasteiger partial charge on any atom is 0.345 e. The number of benzene rings is 1.